The predicted octanol–water partition coefficient (Wildman–Crippen LogP) is 3.60. The van der Waals surface area contributed by atoms with Gasteiger partial charge in [0.25, 0.3) is 0 Å². The molecule has 0 radical (unpaired) electrons. The number of piperazine rings is 1. The first-order valence-electron chi connectivity index (χ1n) is 9.29. The van der Waals surface area contributed by atoms with E-state index in [-0.39, 0.29) is 11.9 Å². The molecule has 1 saturated heterocycles. The number of carbonyl (C=O) groups is 1. The van der Waals surface area contributed by atoms with E-state index in [1.165, 1.54) is 5.56 Å². The van der Waals surface area contributed by atoms with E-state index < -0.39 is 0 Å². The Morgan fingerprint density at radius 1 is 1.07 bits per heavy atom. The highest BCUT2D eigenvalue weighted by Crippen LogP contribution is 2.20. The zero-order valence-electron chi connectivity index (χ0n) is 15.4. The van der Waals surface area contributed by atoms with Crippen LogP contribution in [-0.4, -0.2) is 51.4 Å². The van der Waals surface area contributed by atoms with E-state index in [0.717, 1.165) is 48.8 Å². The maximum atomic E-state index is 13.0. The number of amides is 1. The molecule has 0 bridgehead atoms. The fraction of sp³-hybridized carbons (Fsp3) is 0.333. The van der Waals surface area contributed by atoms with Crippen LogP contribution < -0.4 is 0 Å². The number of carbonyl (C=O) groups excluding carboxylic acids is 1. The molecule has 2 heterocycles. The van der Waals surface area contributed by atoms with E-state index >= 15 is 0 Å². The Morgan fingerprint density at radius 3 is 2.52 bits per heavy atom. The van der Waals surface area contributed by atoms with Crippen LogP contribution in [0.15, 0.2) is 54.9 Å². The Bertz CT molecular complexity index is 929. The van der Waals surface area contributed by atoms with Gasteiger partial charge in [0, 0.05) is 37.7 Å². The Kier molecular flexibility index (Phi) is 5.14. The first-order valence-corrected chi connectivity index (χ1v) is 9.67. The monoisotopic (exact) mass is 382 g/mol. The molecule has 1 atom stereocenters. The number of hydrogen-bond acceptors (Lipinski definition) is 3. The van der Waals surface area contributed by atoms with E-state index in [1.54, 1.807) is 6.33 Å². The summed E-state index contributed by atoms with van der Waals surface area (Å²) in [5, 5.41) is 0.759. The molecule has 1 aromatic heterocycles. The molecule has 1 amide bonds. The van der Waals surface area contributed by atoms with Gasteiger partial charge in [0.2, 0.25) is 5.91 Å². The smallest absolute Gasteiger partial charge is 0.245 e. The topological polar surface area (TPSA) is 41.4 Å². The number of imidazole rings is 1. The number of fused-ring (bicyclic) bond motifs is 1. The molecule has 0 saturated carbocycles. The second-order valence-electron chi connectivity index (χ2n) is 7.04. The largest absolute Gasteiger partial charge is 0.338 e. The van der Waals surface area contributed by atoms with Gasteiger partial charge in [-0.2, -0.15) is 0 Å². The van der Waals surface area contributed by atoms with Gasteiger partial charge in [-0.05, 0) is 36.8 Å². The van der Waals surface area contributed by atoms with Gasteiger partial charge in [0.05, 0.1) is 17.4 Å². The summed E-state index contributed by atoms with van der Waals surface area (Å²) >= 11 is 5.95. The van der Waals surface area contributed by atoms with Gasteiger partial charge >= 0.3 is 0 Å². The summed E-state index contributed by atoms with van der Waals surface area (Å²) in [6.07, 6.45) is 1.77. The molecule has 1 unspecified atom stereocenters. The standard InChI is InChI=1S/C21H23ClN4O/c1-16(26-15-23-19-4-2-3-5-20(19)26)21(27)25-12-10-24(11-13-25)14-17-6-8-18(22)9-7-17/h2-9,15-16H,10-14H2,1H3. The van der Waals surface area contributed by atoms with Crippen molar-refractivity contribution in [1.82, 2.24) is 19.4 Å². The number of nitrogens with zero attached hydrogens (tertiary/aromatic N) is 4. The molecule has 2 aromatic carbocycles. The minimum atomic E-state index is -0.250. The zero-order valence-corrected chi connectivity index (χ0v) is 16.1. The van der Waals surface area contributed by atoms with Crippen molar-refractivity contribution < 1.29 is 4.79 Å². The fourth-order valence-corrected chi connectivity index (χ4v) is 3.77. The lowest BCUT2D eigenvalue weighted by Gasteiger charge is -2.36. The normalized spacial score (nSPS) is 16.6. The SMILES string of the molecule is CC(C(=O)N1CCN(Cc2ccc(Cl)cc2)CC1)n1cnc2ccccc21. The predicted molar refractivity (Wildman–Crippen MR) is 108 cm³/mol. The lowest BCUT2D eigenvalue weighted by molar-refractivity contribution is -0.136. The van der Waals surface area contributed by atoms with Gasteiger partial charge in [0.1, 0.15) is 6.04 Å². The summed E-state index contributed by atoms with van der Waals surface area (Å²) < 4.78 is 1.97. The van der Waals surface area contributed by atoms with Crippen LogP contribution in [0.25, 0.3) is 11.0 Å². The molecule has 5 nitrogen and oxygen atoms in total. The average Bonchev–Trinajstić information content (AvgIpc) is 3.13. The molecule has 1 aliphatic heterocycles. The molecule has 1 aliphatic rings. The van der Waals surface area contributed by atoms with Crippen molar-refractivity contribution in [3.63, 3.8) is 0 Å². The molecule has 3 aromatic rings. The fourth-order valence-electron chi connectivity index (χ4n) is 3.64. The molecule has 27 heavy (non-hydrogen) atoms. The summed E-state index contributed by atoms with van der Waals surface area (Å²) in [6, 6.07) is 15.6. The van der Waals surface area contributed by atoms with Crippen LogP contribution in [0, 0.1) is 0 Å². The number of hydrogen-bond donors (Lipinski definition) is 0. The summed E-state index contributed by atoms with van der Waals surface area (Å²) in [4.78, 5) is 21.7. The molecule has 0 spiro atoms. The third-order valence-corrected chi connectivity index (χ3v) is 5.51. The molecule has 0 N–H and O–H groups in total. The number of halogens is 1. The molecule has 4 rings (SSSR count). The van der Waals surface area contributed by atoms with Crippen molar-refractivity contribution in [2.45, 2.75) is 19.5 Å². The van der Waals surface area contributed by atoms with Crippen molar-refractivity contribution in [3.8, 4) is 0 Å². The van der Waals surface area contributed by atoms with E-state index in [2.05, 4.69) is 22.0 Å². The van der Waals surface area contributed by atoms with Crippen LogP contribution in [0.5, 0.6) is 0 Å². The number of para-hydroxylation sites is 2. The average molecular weight is 383 g/mol. The quantitative estimate of drug-likeness (QED) is 0.692. The van der Waals surface area contributed by atoms with Gasteiger partial charge < -0.3 is 9.47 Å². The summed E-state index contributed by atoms with van der Waals surface area (Å²) in [5.74, 6) is 0.157. The van der Waals surface area contributed by atoms with Gasteiger partial charge in [-0.1, -0.05) is 35.9 Å². The lowest BCUT2D eigenvalue weighted by Crippen LogP contribution is -2.49. The van der Waals surface area contributed by atoms with Crippen LogP contribution in [-0.2, 0) is 11.3 Å². The Balaban J connectivity index is 1.37. The maximum Gasteiger partial charge on any atom is 0.245 e. The molecule has 1 fully saturated rings. The lowest BCUT2D eigenvalue weighted by atomic mass is 10.2. The molecule has 6 heteroatoms. The van der Waals surface area contributed by atoms with Crippen LogP contribution in [0.3, 0.4) is 0 Å². The van der Waals surface area contributed by atoms with Gasteiger partial charge in [-0.15, -0.1) is 0 Å². The highest BCUT2D eigenvalue weighted by atomic mass is 35.5. The van der Waals surface area contributed by atoms with Crippen LogP contribution in [0.2, 0.25) is 5.02 Å². The third kappa shape index (κ3) is 3.84. The van der Waals surface area contributed by atoms with Crippen LogP contribution >= 0.6 is 11.6 Å². The summed E-state index contributed by atoms with van der Waals surface area (Å²) in [6.45, 7) is 6.11. The van der Waals surface area contributed by atoms with Crippen molar-refractivity contribution in [2.24, 2.45) is 0 Å². The van der Waals surface area contributed by atoms with E-state index in [9.17, 15) is 4.79 Å². The summed E-state index contributed by atoms with van der Waals surface area (Å²) in [7, 11) is 0. The van der Waals surface area contributed by atoms with Crippen molar-refractivity contribution in [3.05, 3.63) is 65.4 Å². The molecule has 140 valence electrons. The third-order valence-electron chi connectivity index (χ3n) is 5.26. The zero-order chi connectivity index (χ0) is 18.8. The van der Waals surface area contributed by atoms with E-state index in [0.29, 0.717) is 0 Å². The highest BCUT2D eigenvalue weighted by Gasteiger charge is 2.26. The van der Waals surface area contributed by atoms with Gasteiger partial charge in [-0.25, -0.2) is 4.98 Å². The van der Waals surface area contributed by atoms with Gasteiger partial charge in [0.15, 0.2) is 0 Å². The van der Waals surface area contributed by atoms with Crippen LogP contribution in [0.4, 0.5) is 0 Å². The maximum absolute atomic E-state index is 13.0. The number of aromatic nitrogens is 2. The molecule has 0 aliphatic carbocycles. The first kappa shape index (κ1) is 18.0. The van der Waals surface area contributed by atoms with Crippen molar-refractivity contribution >= 4 is 28.5 Å². The second kappa shape index (κ2) is 7.71. The Labute approximate surface area is 164 Å². The first-order chi connectivity index (χ1) is 13.1. The number of rotatable bonds is 4. The van der Waals surface area contributed by atoms with Crippen molar-refractivity contribution in [2.75, 3.05) is 26.2 Å². The van der Waals surface area contributed by atoms with E-state index in [1.807, 2.05) is 52.8 Å². The highest BCUT2D eigenvalue weighted by molar-refractivity contribution is 6.30. The Morgan fingerprint density at radius 2 is 1.78 bits per heavy atom. The van der Waals surface area contributed by atoms with Crippen LogP contribution in [0.1, 0.15) is 18.5 Å². The second-order valence-corrected chi connectivity index (χ2v) is 7.48. The minimum absolute atomic E-state index is 0.157. The van der Waals surface area contributed by atoms with Gasteiger partial charge in [-0.3, -0.25) is 9.69 Å². The van der Waals surface area contributed by atoms with E-state index in [4.69, 9.17) is 11.6 Å². The number of benzene rings is 2. The van der Waals surface area contributed by atoms with Crippen molar-refractivity contribution in [1.29, 1.82) is 0 Å². The minimum Gasteiger partial charge on any atom is -0.338 e. The molecular weight excluding hydrogens is 360 g/mol. The molecular formula is C21H23ClN4O. The Hall–Kier alpha value is -2.37. The summed E-state index contributed by atoms with van der Waals surface area (Å²) in [5.41, 5.74) is 3.17.